The van der Waals surface area contributed by atoms with Crippen LogP contribution in [0.3, 0.4) is 0 Å². The second-order valence-electron chi connectivity index (χ2n) is 4.58. The molecule has 0 aliphatic rings. The van der Waals surface area contributed by atoms with Crippen molar-refractivity contribution in [2.45, 2.75) is 31.2 Å². The van der Waals surface area contributed by atoms with Gasteiger partial charge in [-0.3, -0.25) is 0 Å². The molecule has 0 heterocycles. The van der Waals surface area contributed by atoms with Crippen LogP contribution in [0.4, 0.5) is 0 Å². The fourth-order valence-corrected chi connectivity index (χ4v) is 2.99. The van der Waals surface area contributed by atoms with Crippen LogP contribution in [0, 0.1) is 5.92 Å². The first-order chi connectivity index (χ1) is 8.72. The molecule has 1 aromatic carbocycles. The average Bonchev–Trinajstić information content (AvgIpc) is 2.27. The molecule has 7 heteroatoms. The largest absolute Gasteiger partial charge is 0.548 e. The number of aliphatic carboxylic acids is 1. The first kappa shape index (κ1) is 16.1. The standard InChI is InChI=1S/C12H16BrNO4S/c1-8(2)7-11(12(15)16)14-19(17,18)10-5-3-9(13)4-6-10/h3-6,8,11,14H,7H2,1-2H3,(H,15,16)/p-1. The van der Waals surface area contributed by atoms with E-state index in [2.05, 4.69) is 20.7 Å². The van der Waals surface area contributed by atoms with E-state index in [4.69, 9.17) is 0 Å². The van der Waals surface area contributed by atoms with Crippen LogP contribution in [0.25, 0.3) is 0 Å². The highest BCUT2D eigenvalue weighted by molar-refractivity contribution is 9.10. The monoisotopic (exact) mass is 348 g/mol. The molecular weight excluding hydrogens is 334 g/mol. The Morgan fingerprint density at radius 1 is 1.32 bits per heavy atom. The van der Waals surface area contributed by atoms with E-state index in [-0.39, 0.29) is 17.2 Å². The first-order valence-electron chi connectivity index (χ1n) is 5.71. The molecule has 0 radical (unpaired) electrons. The third-order valence-corrected chi connectivity index (χ3v) is 4.43. The highest BCUT2D eigenvalue weighted by Gasteiger charge is 2.21. The van der Waals surface area contributed by atoms with Gasteiger partial charge in [0.15, 0.2) is 0 Å². The van der Waals surface area contributed by atoms with Crippen molar-refractivity contribution in [1.29, 1.82) is 0 Å². The molecular formula is C12H15BrNO4S-. The van der Waals surface area contributed by atoms with Crippen LogP contribution in [0.5, 0.6) is 0 Å². The van der Waals surface area contributed by atoms with Gasteiger partial charge in [0.1, 0.15) is 0 Å². The van der Waals surface area contributed by atoms with E-state index < -0.39 is 22.0 Å². The quantitative estimate of drug-likeness (QED) is 0.827. The second kappa shape index (κ2) is 6.49. The van der Waals surface area contributed by atoms with Crippen LogP contribution in [-0.4, -0.2) is 20.4 Å². The highest BCUT2D eigenvalue weighted by Crippen LogP contribution is 2.16. The lowest BCUT2D eigenvalue weighted by molar-refractivity contribution is -0.308. The fourth-order valence-electron chi connectivity index (χ4n) is 1.53. The molecule has 1 unspecified atom stereocenters. The maximum absolute atomic E-state index is 12.0. The normalized spacial score (nSPS) is 13.5. The topological polar surface area (TPSA) is 86.3 Å². The van der Waals surface area contributed by atoms with Gasteiger partial charge >= 0.3 is 0 Å². The maximum atomic E-state index is 12.0. The lowest BCUT2D eigenvalue weighted by atomic mass is 10.1. The third kappa shape index (κ3) is 4.93. The number of carboxylic acid groups (broad SMARTS) is 1. The van der Waals surface area contributed by atoms with E-state index in [0.29, 0.717) is 0 Å². The number of rotatable bonds is 6. The molecule has 0 saturated heterocycles. The lowest BCUT2D eigenvalue weighted by Gasteiger charge is -2.21. The minimum Gasteiger partial charge on any atom is -0.548 e. The van der Waals surface area contributed by atoms with E-state index >= 15 is 0 Å². The van der Waals surface area contributed by atoms with Crippen molar-refractivity contribution < 1.29 is 18.3 Å². The number of nitrogens with one attached hydrogen (secondary N) is 1. The van der Waals surface area contributed by atoms with E-state index in [1.807, 2.05) is 13.8 Å². The summed E-state index contributed by atoms with van der Waals surface area (Å²) >= 11 is 3.20. The predicted molar refractivity (Wildman–Crippen MR) is 72.7 cm³/mol. The summed E-state index contributed by atoms with van der Waals surface area (Å²) in [7, 11) is -3.86. The predicted octanol–water partition coefficient (Wildman–Crippen LogP) is 0.892. The summed E-state index contributed by atoms with van der Waals surface area (Å²) in [5.74, 6) is -1.38. The Balaban J connectivity index is 2.94. The van der Waals surface area contributed by atoms with E-state index in [9.17, 15) is 18.3 Å². The Morgan fingerprint density at radius 3 is 2.26 bits per heavy atom. The van der Waals surface area contributed by atoms with E-state index in [1.165, 1.54) is 12.1 Å². The molecule has 0 aliphatic heterocycles. The summed E-state index contributed by atoms with van der Waals surface area (Å²) in [5.41, 5.74) is 0. The number of sulfonamides is 1. The smallest absolute Gasteiger partial charge is 0.241 e. The van der Waals surface area contributed by atoms with Crippen molar-refractivity contribution in [3.05, 3.63) is 28.7 Å². The van der Waals surface area contributed by atoms with Crippen molar-refractivity contribution in [2.24, 2.45) is 5.92 Å². The molecule has 1 rings (SSSR count). The Labute approximate surface area is 121 Å². The molecule has 106 valence electrons. The SMILES string of the molecule is CC(C)CC(NS(=O)(=O)c1ccc(Br)cc1)C(=O)[O-]. The summed E-state index contributed by atoms with van der Waals surface area (Å²) in [6.45, 7) is 3.62. The third-order valence-electron chi connectivity index (χ3n) is 2.41. The van der Waals surface area contributed by atoms with E-state index in [0.717, 1.165) is 4.47 Å². The molecule has 1 aromatic rings. The summed E-state index contributed by atoms with van der Waals surface area (Å²) in [6.07, 6.45) is 0.179. The molecule has 0 fully saturated rings. The lowest BCUT2D eigenvalue weighted by Crippen LogP contribution is -2.48. The zero-order valence-electron chi connectivity index (χ0n) is 10.6. The number of hydrogen-bond donors (Lipinski definition) is 1. The minimum atomic E-state index is -3.86. The number of carbonyl (C=O) groups excluding carboxylic acids is 1. The molecule has 19 heavy (non-hydrogen) atoms. The van der Waals surface area contributed by atoms with Crippen molar-refractivity contribution >= 4 is 31.9 Å². The van der Waals surface area contributed by atoms with Gasteiger partial charge in [0.05, 0.1) is 16.9 Å². The molecule has 1 atom stereocenters. The number of halogens is 1. The van der Waals surface area contributed by atoms with Crippen LogP contribution >= 0.6 is 15.9 Å². The molecule has 0 aliphatic carbocycles. The highest BCUT2D eigenvalue weighted by atomic mass is 79.9. The second-order valence-corrected chi connectivity index (χ2v) is 7.21. The summed E-state index contributed by atoms with van der Waals surface area (Å²) < 4.78 is 26.9. The van der Waals surface area contributed by atoms with Crippen LogP contribution in [0.15, 0.2) is 33.6 Å². The Bertz CT molecular complexity index is 539. The molecule has 0 bridgehead atoms. The van der Waals surface area contributed by atoms with Gasteiger partial charge in [-0.05, 0) is 36.6 Å². The molecule has 0 saturated carbocycles. The van der Waals surface area contributed by atoms with Gasteiger partial charge in [-0.25, -0.2) is 13.1 Å². The van der Waals surface area contributed by atoms with Gasteiger partial charge in [-0.15, -0.1) is 0 Å². The zero-order valence-corrected chi connectivity index (χ0v) is 13.0. The molecule has 5 nitrogen and oxygen atoms in total. The number of hydrogen-bond acceptors (Lipinski definition) is 4. The average molecular weight is 349 g/mol. The van der Waals surface area contributed by atoms with Crippen LogP contribution in [-0.2, 0) is 14.8 Å². The van der Waals surface area contributed by atoms with E-state index in [1.54, 1.807) is 12.1 Å². The molecule has 0 spiro atoms. The van der Waals surface area contributed by atoms with Crippen molar-refractivity contribution in [2.75, 3.05) is 0 Å². The molecule has 0 aromatic heterocycles. The number of carbonyl (C=O) groups is 1. The summed E-state index contributed by atoms with van der Waals surface area (Å²) in [6, 6.07) is 4.71. The molecule has 1 N–H and O–H groups in total. The number of benzene rings is 1. The van der Waals surface area contributed by atoms with Crippen LogP contribution in [0.1, 0.15) is 20.3 Å². The van der Waals surface area contributed by atoms with Crippen LogP contribution in [0.2, 0.25) is 0 Å². The maximum Gasteiger partial charge on any atom is 0.241 e. The van der Waals surface area contributed by atoms with Crippen molar-refractivity contribution in [3.8, 4) is 0 Å². The minimum absolute atomic E-state index is 0.0192. The van der Waals surface area contributed by atoms with Gasteiger partial charge in [0.25, 0.3) is 0 Å². The Morgan fingerprint density at radius 2 is 1.84 bits per heavy atom. The van der Waals surface area contributed by atoms with Crippen molar-refractivity contribution in [3.63, 3.8) is 0 Å². The van der Waals surface area contributed by atoms with Crippen LogP contribution < -0.4 is 9.83 Å². The molecule has 0 amide bonds. The van der Waals surface area contributed by atoms with Gasteiger partial charge in [0, 0.05) is 4.47 Å². The Kier molecular flexibility index (Phi) is 5.51. The fraction of sp³-hybridized carbons (Fsp3) is 0.417. The number of carboxylic acids is 1. The summed E-state index contributed by atoms with van der Waals surface area (Å²) in [4.78, 5) is 11.0. The van der Waals surface area contributed by atoms with Gasteiger partial charge in [0.2, 0.25) is 10.0 Å². The first-order valence-corrected chi connectivity index (χ1v) is 7.98. The van der Waals surface area contributed by atoms with Gasteiger partial charge < -0.3 is 9.90 Å². The Hall–Kier alpha value is -0.920. The summed E-state index contributed by atoms with van der Waals surface area (Å²) in [5, 5.41) is 11.0. The van der Waals surface area contributed by atoms with Crippen molar-refractivity contribution in [1.82, 2.24) is 4.72 Å². The zero-order chi connectivity index (χ0) is 14.6. The van der Waals surface area contributed by atoms with Gasteiger partial charge in [-0.2, -0.15) is 0 Å². The van der Waals surface area contributed by atoms with Gasteiger partial charge in [-0.1, -0.05) is 29.8 Å².